The third-order valence-corrected chi connectivity index (χ3v) is 4.72. The summed E-state index contributed by atoms with van der Waals surface area (Å²) in [4.78, 5) is 61.5. The molecule has 0 bridgehead atoms. The molecule has 0 spiro atoms. The van der Waals surface area contributed by atoms with Crippen LogP contribution in [-0.2, 0) is 19.2 Å². The van der Waals surface area contributed by atoms with Crippen molar-refractivity contribution in [3.05, 3.63) is 35.9 Å². The first-order chi connectivity index (χ1) is 14.5. The Balaban J connectivity index is 2.81. The molecule has 0 aliphatic rings. The van der Waals surface area contributed by atoms with Gasteiger partial charge < -0.3 is 21.3 Å². The quantitative estimate of drug-likeness (QED) is 0.397. The summed E-state index contributed by atoms with van der Waals surface area (Å²) in [6, 6.07) is 5.62. The summed E-state index contributed by atoms with van der Waals surface area (Å²) in [5.74, 6) is -3.67. The monoisotopic (exact) mass is 432 g/mol. The fraction of sp³-hybridized carbons (Fsp3) is 0.500. The normalized spacial score (nSPS) is 13.7. The minimum atomic E-state index is -1.02. The van der Waals surface area contributed by atoms with E-state index in [9.17, 15) is 24.0 Å². The van der Waals surface area contributed by atoms with Crippen molar-refractivity contribution in [2.24, 2.45) is 11.8 Å². The molecule has 4 N–H and O–H groups in total. The third kappa shape index (κ3) is 7.51. The topological polar surface area (TPSA) is 133 Å². The van der Waals surface area contributed by atoms with Gasteiger partial charge in [0.2, 0.25) is 17.6 Å². The van der Waals surface area contributed by atoms with Gasteiger partial charge in [-0.25, -0.2) is 0 Å². The van der Waals surface area contributed by atoms with Gasteiger partial charge in [0, 0.05) is 12.6 Å². The molecule has 1 aromatic carbocycles. The zero-order valence-corrected chi connectivity index (χ0v) is 18.8. The smallest absolute Gasteiger partial charge is 0.289 e. The Hall–Kier alpha value is -3.23. The van der Waals surface area contributed by atoms with E-state index in [-0.39, 0.29) is 11.8 Å². The molecule has 1 rings (SSSR count). The standard InChI is InChI=1S/C22H32N4O5/c1-12(2)16(18(27)22(31)23-6)25-19(28)14(5)24-21(30)17(13(3)4)26-20(29)15-10-8-7-9-11-15/h7-14,16-17H,1-6H3,(H,23,31)(H,24,30)(H,25,28)(H,26,29). The van der Waals surface area contributed by atoms with Crippen LogP contribution in [-0.4, -0.2) is 54.6 Å². The maximum Gasteiger partial charge on any atom is 0.289 e. The number of hydrogen-bond donors (Lipinski definition) is 4. The summed E-state index contributed by atoms with van der Waals surface area (Å²) in [5.41, 5.74) is 0.416. The van der Waals surface area contributed by atoms with Crippen molar-refractivity contribution < 1.29 is 24.0 Å². The fourth-order valence-corrected chi connectivity index (χ4v) is 2.80. The van der Waals surface area contributed by atoms with Crippen molar-refractivity contribution in [2.75, 3.05) is 7.05 Å². The number of nitrogens with one attached hydrogen (secondary N) is 4. The van der Waals surface area contributed by atoms with Crippen molar-refractivity contribution >= 4 is 29.4 Å². The molecule has 0 aliphatic carbocycles. The van der Waals surface area contributed by atoms with Gasteiger partial charge in [-0.15, -0.1) is 0 Å². The molecule has 9 nitrogen and oxygen atoms in total. The number of carbonyl (C=O) groups is 5. The molecule has 0 saturated carbocycles. The number of carbonyl (C=O) groups excluding carboxylic acids is 5. The lowest BCUT2D eigenvalue weighted by Crippen LogP contribution is -2.57. The zero-order valence-electron chi connectivity index (χ0n) is 18.8. The highest BCUT2D eigenvalue weighted by Gasteiger charge is 2.32. The fourth-order valence-electron chi connectivity index (χ4n) is 2.80. The molecule has 0 heterocycles. The Morgan fingerprint density at radius 2 is 1.26 bits per heavy atom. The maximum absolute atomic E-state index is 12.7. The van der Waals surface area contributed by atoms with E-state index >= 15 is 0 Å². The molecule has 3 unspecified atom stereocenters. The number of benzene rings is 1. The predicted octanol–water partition coefficient (Wildman–Crippen LogP) is 0.402. The van der Waals surface area contributed by atoms with Crippen molar-refractivity contribution in [1.82, 2.24) is 21.3 Å². The van der Waals surface area contributed by atoms with Gasteiger partial charge in [0.25, 0.3) is 11.8 Å². The largest absolute Gasteiger partial charge is 0.353 e. The lowest BCUT2D eigenvalue weighted by Gasteiger charge is -2.26. The van der Waals surface area contributed by atoms with Gasteiger partial charge in [0.15, 0.2) is 0 Å². The van der Waals surface area contributed by atoms with Crippen LogP contribution < -0.4 is 21.3 Å². The molecule has 4 amide bonds. The molecular formula is C22H32N4O5. The van der Waals surface area contributed by atoms with E-state index < -0.39 is 47.5 Å². The van der Waals surface area contributed by atoms with Crippen LogP contribution in [0.25, 0.3) is 0 Å². The minimum absolute atomic E-state index is 0.235. The average molecular weight is 433 g/mol. The van der Waals surface area contributed by atoms with Gasteiger partial charge in [-0.05, 0) is 30.9 Å². The Bertz CT molecular complexity index is 807. The first kappa shape index (κ1) is 25.8. The molecule has 170 valence electrons. The number of amides is 4. The molecule has 1 aromatic rings. The number of Topliss-reactive ketones (excluding diaryl/α,β-unsaturated/α-hetero) is 1. The number of rotatable bonds is 10. The van der Waals surface area contributed by atoms with E-state index in [1.54, 1.807) is 58.0 Å². The Morgan fingerprint density at radius 1 is 0.710 bits per heavy atom. The SMILES string of the molecule is CNC(=O)C(=O)C(NC(=O)C(C)NC(=O)C(NC(=O)c1ccccc1)C(C)C)C(C)C. The van der Waals surface area contributed by atoms with E-state index in [0.717, 1.165) is 0 Å². The Morgan fingerprint density at radius 3 is 1.74 bits per heavy atom. The summed E-state index contributed by atoms with van der Waals surface area (Å²) in [6.45, 7) is 8.41. The second kappa shape index (κ2) is 11.8. The van der Waals surface area contributed by atoms with Gasteiger partial charge in [0.05, 0.1) is 6.04 Å². The van der Waals surface area contributed by atoms with Crippen LogP contribution in [0.2, 0.25) is 0 Å². The van der Waals surface area contributed by atoms with Crippen LogP contribution in [0.4, 0.5) is 0 Å². The van der Waals surface area contributed by atoms with Crippen molar-refractivity contribution in [1.29, 1.82) is 0 Å². The van der Waals surface area contributed by atoms with Crippen LogP contribution >= 0.6 is 0 Å². The van der Waals surface area contributed by atoms with E-state index in [0.29, 0.717) is 5.56 Å². The summed E-state index contributed by atoms with van der Waals surface area (Å²) in [7, 11) is 1.33. The highest BCUT2D eigenvalue weighted by Crippen LogP contribution is 2.07. The molecule has 0 aromatic heterocycles. The van der Waals surface area contributed by atoms with E-state index in [4.69, 9.17) is 0 Å². The Kier molecular flexibility index (Phi) is 9.85. The molecule has 0 radical (unpaired) electrons. The molecule has 31 heavy (non-hydrogen) atoms. The molecule has 0 saturated heterocycles. The van der Waals surface area contributed by atoms with E-state index in [1.165, 1.54) is 14.0 Å². The van der Waals surface area contributed by atoms with Crippen molar-refractivity contribution in [2.45, 2.75) is 52.7 Å². The summed E-state index contributed by atoms with van der Waals surface area (Å²) < 4.78 is 0. The highest BCUT2D eigenvalue weighted by atomic mass is 16.2. The van der Waals surface area contributed by atoms with E-state index in [2.05, 4.69) is 21.3 Å². The first-order valence-electron chi connectivity index (χ1n) is 10.2. The summed E-state index contributed by atoms with van der Waals surface area (Å²) >= 11 is 0. The number of ketones is 1. The molecule has 3 atom stereocenters. The van der Waals surface area contributed by atoms with Gasteiger partial charge in [-0.1, -0.05) is 45.9 Å². The molecule has 0 aliphatic heterocycles. The molecule has 0 fully saturated rings. The van der Waals surface area contributed by atoms with Gasteiger partial charge in [-0.2, -0.15) is 0 Å². The second-order valence-corrected chi connectivity index (χ2v) is 7.97. The third-order valence-electron chi connectivity index (χ3n) is 4.72. The lowest BCUT2D eigenvalue weighted by molar-refractivity contribution is -0.141. The minimum Gasteiger partial charge on any atom is -0.353 e. The van der Waals surface area contributed by atoms with Crippen LogP contribution in [0, 0.1) is 11.8 Å². The van der Waals surface area contributed by atoms with E-state index in [1.807, 2.05) is 0 Å². The molecular weight excluding hydrogens is 400 g/mol. The van der Waals surface area contributed by atoms with Crippen LogP contribution in [0.5, 0.6) is 0 Å². The van der Waals surface area contributed by atoms with Gasteiger partial charge in [0.1, 0.15) is 12.1 Å². The van der Waals surface area contributed by atoms with Crippen LogP contribution in [0.15, 0.2) is 30.3 Å². The second-order valence-electron chi connectivity index (χ2n) is 7.97. The van der Waals surface area contributed by atoms with Crippen LogP contribution in [0.3, 0.4) is 0 Å². The summed E-state index contributed by atoms with van der Waals surface area (Å²) in [6.07, 6.45) is 0. The predicted molar refractivity (Wildman–Crippen MR) is 116 cm³/mol. The summed E-state index contributed by atoms with van der Waals surface area (Å²) in [5, 5.41) is 10.0. The van der Waals surface area contributed by atoms with Crippen molar-refractivity contribution in [3.63, 3.8) is 0 Å². The molecule has 9 heteroatoms. The lowest BCUT2D eigenvalue weighted by atomic mass is 9.98. The van der Waals surface area contributed by atoms with Gasteiger partial charge >= 0.3 is 0 Å². The highest BCUT2D eigenvalue weighted by molar-refractivity contribution is 6.38. The van der Waals surface area contributed by atoms with Crippen molar-refractivity contribution in [3.8, 4) is 0 Å². The van der Waals surface area contributed by atoms with Gasteiger partial charge in [-0.3, -0.25) is 24.0 Å². The number of likely N-dealkylation sites (N-methyl/N-ethyl adjacent to an activating group) is 1. The maximum atomic E-state index is 12.7. The first-order valence-corrected chi connectivity index (χ1v) is 10.2. The average Bonchev–Trinajstić information content (AvgIpc) is 2.74. The van der Waals surface area contributed by atoms with Crippen LogP contribution in [0.1, 0.15) is 45.0 Å². The zero-order chi connectivity index (χ0) is 23.7. The number of hydrogen-bond acceptors (Lipinski definition) is 5. The Labute approximate surface area is 182 Å².